The van der Waals surface area contributed by atoms with Crippen LogP contribution < -0.4 is 0 Å². The van der Waals surface area contributed by atoms with Crippen LogP contribution in [0, 0.1) is 17.3 Å². The smallest absolute Gasteiger partial charge is 0.134 e. The third-order valence-electron chi connectivity index (χ3n) is 6.80. The number of fused-ring (bicyclic) bond motifs is 4. The van der Waals surface area contributed by atoms with E-state index < -0.39 is 0 Å². The molecule has 0 spiro atoms. The number of rotatable bonds is 1. The van der Waals surface area contributed by atoms with Crippen molar-refractivity contribution in [3.8, 4) is 11.3 Å². The highest BCUT2D eigenvalue weighted by molar-refractivity contribution is 7.19. The Kier molecular flexibility index (Phi) is 4.02. The SMILES string of the molecule is CC1CCc2c(sc3nc4c(c(-c5ccco5)c23)CC(C(C)(C)C)CC4)C1. The maximum Gasteiger partial charge on any atom is 0.134 e. The van der Waals surface area contributed by atoms with Crippen molar-refractivity contribution in [2.45, 2.75) is 66.2 Å². The third-order valence-corrected chi connectivity index (χ3v) is 7.95. The molecule has 0 fully saturated rings. The maximum absolute atomic E-state index is 5.97. The zero-order chi connectivity index (χ0) is 18.8. The number of furan rings is 1. The van der Waals surface area contributed by atoms with Gasteiger partial charge in [-0.1, -0.05) is 27.7 Å². The van der Waals surface area contributed by atoms with E-state index in [9.17, 15) is 0 Å². The van der Waals surface area contributed by atoms with Crippen LogP contribution in [0.3, 0.4) is 0 Å². The lowest BCUT2D eigenvalue weighted by Crippen LogP contribution is -2.27. The number of thiophene rings is 1. The van der Waals surface area contributed by atoms with Crippen molar-refractivity contribution in [1.29, 1.82) is 0 Å². The van der Waals surface area contributed by atoms with Crippen LogP contribution in [0.15, 0.2) is 22.8 Å². The van der Waals surface area contributed by atoms with Crippen LogP contribution in [0.1, 0.15) is 62.2 Å². The second kappa shape index (κ2) is 6.20. The van der Waals surface area contributed by atoms with Gasteiger partial charge in [-0.2, -0.15) is 0 Å². The molecule has 2 nitrogen and oxygen atoms in total. The molecule has 2 unspecified atom stereocenters. The molecule has 3 aromatic rings. The van der Waals surface area contributed by atoms with Gasteiger partial charge in [0.1, 0.15) is 10.6 Å². The van der Waals surface area contributed by atoms with Crippen LogP contribution in [-0.4, -0.2) is 4.98 Å². The standard InChI is InChI=1S/C24H29NOS/c1-14-7-9-16-20(12-14)27-23-22(16)21(19-6-5-11-26-19)17-13-15(24(2,3)4)8-10-18(17)25-23/h5-6,11,14-15H,7-10,12-13H2,1-4H3. The van der Waals surface area contributed by atoms with E-state index in [2.05, 4.69) is 33.8 Å². The van der Waals surface area contributed by atoms with Gasteiger partial charge in [-0.25, -0.2) is 4.98 Å². The number of nitrogens with zero attached hydrogens (tertiary/aromatic N) is 1. The van der Waals surface area contributed by atoms with Crippen LogP contribution in [0.4, 0.5) is 0 Å². The van der Waals surface area contributed by atoms with Gasteiger partial charge >= 0.3 is 0 Å². The summed E-state index contributed by atoms with van der Waals surface area (Å²) in [6.07, 6.45) is 8.97. The molecule has 0 aromatic carbocycles. The number of aryl methyl sites for hydroxylation is 2. The molecule has 0 N–H and O–H groups in total. The van der Waals surface area contributed by atoms with Gasteiger partial charge in [-0.3, -0.25) is 0 Å². The minimum absolute atomic E-state index is 0.330. The number of hydrogen-bond acceptors (Lipinski definition) is 3. The van der Waals surface area contributed by atoms with Crippen LogP contribution in [-0.2, 0) is 25.7 Å². The average molecular weight is 380 g/mol. The minimum Gasteiger partial charge on any atom is -0.464 e. The van der Waals surface area contributed by atoms with Gasteiger partial charge in [0.2, 0.25) is 0 Å². The lowest BCUT2D eigenvalue weighted by Gasteiger charge is -2.35. The molecule has 27 heavy (non-hydrogen) atoms. The highest BCUT2D eigenvalue weighted by atomic mass is 32.1. The Hall–Kier alpha value is -1.61. The molecular formula is C24H29NOS. The zero-order valence-electron chi connectivity index (χ0n) is 16.9. The molecule has 3 heterocycles. The lowest BCUT2D eigenvalue weighted by atomic mass is 9.70. The molecule has 2 atom stereocenters. The molecule has 0 saturated heterocycles. The third kappa shape index (κ3) is 2.86. The Morgan fingerprint density at radius 2 is 1.96 bits per heavy atom. The van der Waals surface area contributed by atoms with Crippen molar-refractivity contribution in [3.63, 3.8) is 0 Å². The Labute approximate surface area is 166 Å². The average Bonchev–Trinajstić information content (AvgIpc) is 3.25. The summed E-state index contributed by atoms with van der Waals surface area (Å²) in [5, 5.41) is 1.41. The van der Waals surface area contributed by atoms with Crippen molar-refractivity contribution >= 4 is 21.6 Å². The van der Waals surface area contributed by atoms with Gasteiger partial charge in [-0.05, 0) is 79.0 Å². The Bertz CT molecular complexity index is 990. The first-order valence-corrected chi connectivity index (χ1v) is 11.2. The van der Waals surface area contributed by atoms with Crippen molar-refractivity contribution in [2.75, 3.05) is 0 Å². The van der Waals surface area contributed by atoms with Gasteiger partial charge < -0.3 is 4.42 Å². The monoisotopic (exact) mass is 379 g/mol. The number of hydrogen-bond donors (Lipinski definition) is 0. The molecule has 0 saturated carbocycles. The summed E-state index contributed by atoms with van der Waals surface area (Å²) in [5.74, 6) is 2.53. The van der Waals surface area contributed by atoms with Crippen LogP contribution >= 0.6 is 11.3 Å². The second-order valence-corrected chi connectivity index (χ2v) is 10.8. The van der Waals surface area contributed by atoms with Gasteiger partial charge in [0.05, 0.1) is 6.26 Å². The summed E-state index contributed by atoms with van der Waals surface area (Å²) >= 11 is 1.94. The first-order chi connectivity index (χ1) is 12.9. The van der Waals surface area contributed by atoms with E-state index >= 15 is 0 Å². The lowest BCUT2D eigenvalue weighted by molar-refractivity contribution is 0.215. The van der Waals surface area contributed by atoms with Crippen molar-refractivity contribution in [3.05, 3.63) is 40.1 Å². The molecule has 2 aliphatic rings. The molecule has 0 aliphatic heterocycles. The Morgan fingerprint density at radius 1 is 1.11 bits per heavy atom. The second-order valence-electron chi connectivity index (χ2n) is 9.73. The summed E-state index contributed by atoms with van der Waals surface area (Å²) in [7, 11) is 0. The van der Waals surface area contributed by atoms with Crippen molar-refractivity contribution < 1.29 is 4.42 Å². The molecule has 142 valence electrons. The first kappa shape index (κ1) is 17.5. The predicted molar refractivity (Wildman–Crippen MR) is 113 cm³/mol. The zero-order valence-corrected chi connectivity index (χ0v) is 17.7. The molecule has 3 heteroatoms. The van der Waals surface area contributed by atoms with Crippen LogP contribution in [0.5, 0.6) is 0 Å². The number of aromatic nitrogens is 1. The van der Waals surface area contributed by atoms with E-state index in [0.29, 0.717) is 11.3 Å². The maximum atomic E-state index is 5.97. The van der Waals surface area contributed by atoms with Crippen molar-refractivity contribution in [2.24, 2.45) is 17.3 Å². The van der Waals surface area contributed by atoms with E-state index in [1.807, 2.05) is 23.7 Å². The summed E-state index contributed by atoms with van der Waals surface area (Å²) in [6, 6.07) is 4.17. The quantitative estimate of drug-likeness (QED) is 0.463. The Balaban J connectivity index is 1.77. The molecule has 0 bridgehead atoms. The van der Waals surface area contributed by atoms with Crippen LogP contribution in [0.25, 0.3) is 21.5 Å². The van der Waals surface area contributed by atoms with Gasteiger partial charge in [-0.15, -0.1) is 11.3 Å². The largest absolute Gasteiger partial charge is 0.464 e. The molecule has 5 rings (SSSR count). The summed E-state index contributed by atoms with van der Waals surface area (Å²) < 4.78 is 5.97. The van der Waals surface area contributed by atoms with E-state index in [4.69, 9.17) is 9.40 Å². The van der Waals surface area contributed by atoms with Gasteiger partial charge in [0, 0.05) is 21.5 Å². The number of pyridine rings is 1. The normalized spacial score (nSPS) is 22.7. The minimum atomic E-state index is 0.330. The molecule has 0 amide bonds. The van der Waals surface area contributed by atoms with Crippen LogP contribution in [0.2, 0.25) is 0 Å². The molecular weight excluding hydrogens is 350 g/mol. The highest BCUT2D eigenvalue weighted by Gasteiger charge is 2.34. The summed E-state index contributed by atoms with van der Waals surface area (Å²) in [6.45, 7) is 9.53. The van der Waals surface area contributed by atoms with E-state index in [1.165, 1.54) is 52.7 Å². The van der Waals surface area contributed by atoms with E-state index in [1.54, 1.807) is 10.4 Å². The van der Waals surface area contributed by atoms with Gasteiger partial charge in [0.25, 0.3) is 0 Å². The molecule has 2 aliphatic carbocycles. The fraction of sp³-hybridized carbons (Fsp3) is 0.542. The topological polar surface area (TPSA) is 26.0 Å². The van der Waals surface area contributed by atoms with E-state index in [0.717, 1.165) is 24.5 Å². The molecule has 0 radical (unpaired) electrons. The summed E-state index contributed by atoms with van der Waals surface area (Å²) in [4.78, 5) is 8.02. The predicted octanol–water partition coefficient (Wildman–Crippen LogP) is 6.83. The first-order valence-electron chi connectivity index (χ1n) is 10.4. The summed E-state index contributed by atoms with van der Waals surface area (Å²) in [5.41, 5.74) is 6.04. The fourth-order valence-corrected chi connectivity index (χ4v) is 6.49. The molecule has 3 aromatic heterocycles. The highest BCUT2D eigenvalue weighted by Crippen LogP contribution is 2.47. The fourth-order valence-electron chi connectivity index (χ4n) is 5.08. The Morgan fingerprint density at radius 3 is 2.70 bits per heavy atom. The van der Waals surface area contributed by atoms with E-state index in [-0.39, 0.29) is 0 Å². The van der Waals surface area contributed by atoms with Gasteiger partial charge in [0.15, 0.2) is 0 Å². The van der Waals surface area contributed by atoms with Crippen molar-refractivity contribution in [1.82, 2.24) is 4.98 Å².